The molecule has 1 N–H and O–H groups in total. The van der Waals surface area contributed by atoms with Crippen LogP contribution in [0.1, 0.15) is 30.7 Å². The molecule has 0 radical (unpaired) electrons. The van der Waals surface area contributed by atoms with Crippen LogP contribution in [-0.2, 0) is 4.79 Å². The number of rotatable bonds is 6. The van der Waals surface area contributed by atoms with Crippen molar-refractivity contribution in [1.82, 2.24) is 9.80 Å². The molecule has 2 aromatic rings. The molecule has 0 aliphatic carbocycles. The van der Waals surface area contributed by atoms with Crippen LogP contribution in [0, 0.1) is 0 Å². The maximum atomic E-state index is 12.5. The third-order valence-electron chi connectivity index (χ3n) is 6.71. The number of amides is 1. The molecule has 2 fully saturated rings. The monoisotopic (exact) mass is 440 g/mol. The van der Waals surface area contributed by atoms with Crippen molar-refractivity contribution in [3.63, 3.8) is 0 Å². The summed E-state index contributed by atoms with van der Waals surface area (Å²) in [5.74, 6) is 0.619. The van der Waals surface area contributed by atoms with E-state index >= 15 is 0 Å². The van der Waals surface area contributed by atoms with Gasteiger partial charge in [0.25, 0.3) is 0 Å². The average Bonchev–Trinajstić information content (AvgIpc) is 3.26. The highest BCUT2D eigenvalue weighted by molar-refractivity contribution is 6.30. The first kappa shape index (κ1) is 22.1. The standard InChI is InChI=1S/C25H33ClN4O/c1-28(2)24-13-16-30(17-24)23-9-7-22(8-10-23)27-25(31)18-29-14-11-20(12-15-29)19-3-5-21(26)6-4-19/h3-10,20,24H,11-18H2,1-2H3,(H,27,31). The molecule has 1 unspecified atom stereocenters. The first-order chi connectivity index (χ1) is 15.0. The number of hydrogen-bond acceptors (Lipinski definition) is 4. The maximum Gasteiger partial charge on any atom is 0.238 e. The van der Waals surface area contributed by atoms with Crippen LogP contribution in [0.4, 0.5) is 11.4 Å². The predicted molar refractivity (Wildman–Crippen MR) is 129 cm³/mol. The van der Waals surface area contributed by atoms with Crippen LogP contribution in [0.15, 0.2) is 48.5 Å². The smallest absolute Gasteiger partial charge is 0.238 e. The number of benzene rings is 2. The van der Waals surface area contributed by atoms with Crippen LogP contribution in [-0.4, -0.2) is 68.6 Å². The Morgan fingerprint density at radius 1 is 1.00 bits per heavy atom. The van der Waals surface area contributed by atoms with E-state index < -0.39 is 0 Å². The van der Waals surface area contributed by atoms with E-state index in [0.717, 1.165) is 49.7 Å². The number of nitrogens with one attached hydrogen (secondary N) is 1. The van der Waals surface area contributed by atoms with Crippen LogP contribution >= 0.6 is 11.6 Å². The van der Waals surface area contributed by atoms with Crippen molar-refractivity contribution in [3.05, 3.63) is 59.1 Å². The normalized spacial score (nSPS) is 20.4. The number of carbonyl (C=O) groups is 1. The van der Waals surface area contributed by atoms with Crippen molar-refractivity contribution in [2.45, 2.75) is 31.2 Å². The zero-order valence-electron chi connectivity index (χ0n) is 18.6. The molecular weight excluding hydrogens is 408 g/mol. The fraction of sp³-hybridized carbons (Fsp3) is 0.480. The van der Waals surface area contributed by atoms with E-state index in [2.05, 4.69) is 58.4 Å². The molecule has 2 aliphatic rings. The van der Waals surface area contributed by atoms with Gasteiger partial charge in [-0.05, 0) is 94.3 Å². The van der Waals surface area contributed by atoms with Gasteiger partial charge >= 0.3 is 0 Å². The Morgan fingerprint density at radius 3 is 2.29 bits per heavy atom. The maximum absolute atomic E-state index is 12.5. The molecule has 2 aliphatic heterocycles. The van der Waals surface area contributed by atoms with E-state index in [1.54, 1.807) is 0 Å². The van der Waals surface area contributed by atoms with E-state index in [1.165, 1.54) is 17.7 Å². The molecular formula is C25H33ClN4O. The van der Waals surface area contributed by atoms with Crippen LogP contribution < -0.4 is 10.2 Å². The van der Waals surface area contributed by atoms with E-state index in [-0.39, 0.29) is 5.91 Å². The summed E-state index contributed by atoms with van der Waals surface area (Å²) in [6, 6.07) is 17.1. The van der Waals surface area contributed by atoms with Crippen molar-refractivity contribution in [1.29, 1.82) is 0 Å². The van der Waals surface area contributed by atoms with Gasteiger partial charge in [-0.2, -0.15) is 0 Å². The van der Waals surface area contributed by atoms with Crippen LogP contribution in [0.5, 0.6) is 0 Å². The van der Waals surface area contributed by atoms with E-state index in [9.17, 15) is 4.79 Å². The molecule has 2 aromatic carbocycles. The average molecular weight is 441 g/mol. The topological polar surface area (TPSA) is 38.8 Å². The first-order valence-corrected chi connectivity index (χ1v) is 11.6. The van der Waals surface area contributed by atoms with Gasteiger partial charge in [0.1, 0.15) is 0 Å². The number of carbonyl (C=O) groups excluding carboxylic acids is 1. The zero-order chi connectivity index (χ0) is 21.8. The molecule has 0 aromatic heterocycles. The van der Waals surface area contributed by atoms with Gasteiger partial charge in [0.15, 0.2) is 0 Å². The Hall–Kier alpha value is -2.08. The number of likely N-dealkylation sites (N-methyl/N-ethyl adjacent to an activating group) is 1. The second-order valence-corrected chi connectivity index (χ2v) is 9.49. The third kappa shape index (κ3) is 5.79. The highest BCUT2D eigenvalue weighted by Crippen LogP contribution is 2.29. The molecule has 166 valence electrons. The number of hydrogen-bond donors (Lipinski definition) is 1. The predicted octanol–water partition coefficient (Wildman–Crippen LogP) is 4.30. The fourth-order valence-electron chi connectivity index (χ4n) is 4.72. The lowest BCUT2D eigenvalue weighted by molar-refractivity contribution is -0.117. The Bertz CT molecular complexity index is 860. The molecule has 1 amide bonds. The number of likely N-dealkylation sites (tertiary alicyclic amines) is 1. The molecule has 31 heavy (non-hydrogen) atoms. The number of nitrogens with zero attached hydrogens (tertiary/aromatic N) is 3. The largest absolute Gasteiger partial charge is 0.370 e. The Kier molecular flexibility index (Phi) is 7.16. The first-order valence-electron chi connectivity index (χ1n) is 11.3. The minimum Gasteiger partial charge on any atom is -0.370 e. The molecule has 2 saturated heterocycles. The second-order valence-electron chi connectivity index (χ2n) is 9.05. The fourth-order valence-corrected chi connectivity index (χ4v) is 4.84. The van der Waals surface area contributed by atoms with E-state index in [4.69, 9.17) is 11.6 Å². The van der Waals surface area contributed by atoms with Gasteiger partial charge in [-0.25, -0.2) is 0 Å². The summed E-state index contributed by atoms with van der Waals surface area (Å²) >= 11 is 6.00. The lowest BCUT2D eigenvalue weighted by atomic mass is 9.89. The Balaban J connectivity index is 1.23. The Labute approximate surface area is 191 Å². The molecule has 6 heteroatoms. The minimum absolute atomic E-state index is 0.0616. The van der Waals surface area contributed by atoms with Crippen molar-refractivity contribution in [3.8, 4) is 0 Å². The summed E-state index contributed by atoms with van der Waals surface area (Å²) in [6.07, 6.45) is 3.35. The lowest BCUT2D eigenvalue weighted by Crippen LogP contribution is -2.38. The molecule has 1 atom stereocenters. The molecule has 0 spiro atoms. The Morgan fingerprint density at radius 2 is 1.68 bits per heavy atom. The number of halogens is 1. The second kappa shape index (κ2) is 10.0. The highest BCUT2D eigenvalue weighted by atomic mass is 35.5. The van der Waals surface area contributed by atoms with Crippen LogP contribution in [0.25, 0.3) is 0 Å². The summed E-state index contributed by atoms with van der Waals surface area (Å²) in [6.45, 7) is 4.49. The zero-order valence-corrected chi connectivity index (χ0v) is 19.3. The van der Waals surface area contributed by atoms with E-state index in [1.807, 2.05) is 24.3 Å². The molecule has 2 heterocycles. The highest BCUT2D eigenvalue weighted by Gasteiger charge is 2.24. The summed E-state index contributed by atoms with van der Waals surface area (Å²) < 4.78 is 0. The quantitative estimate of drug-likeness (QED) is 0.726. The van der Waals surface area contributed by atoms with Gasteiger partial charge in [0.2, 0.25) is 5.91 Å². The van der Waals surface area contributed by atoms with Gasteiger partial charge in [-0.3, -0.25) is 9.69 Å². The molecule has 4 rings (SSSR count). The minimum atomic E-state index is 0.0616. The van der Waals surface area contributed by atoms with Gasteiger partial charge in [0, 0.05) is 35.5 Å². The summed E-state index contributed by atoms with van der Waals surface area (Å²) in [5.41, 5.74) is 3.45. The van der Waals surface area contributed by atoms with Crippen molar-refractivity contribution >= 4 is 28.9 Å². The number of anilines is 2. The molecule has 5 nitrogen and oxygen atoms in total. The number of piperidine rings is 1. The van der Waals surface area contributed by atoms with Crippen LogP contribution in [0.3, 0.4) is 0 Å². The summed E-state index contributed by atoms with van der Waals surface area (Å²) in [5, 5.41) is 3.84. The molecule has 0 saturated carbocycles. The third-order valence-corrected chi connectivity index (χ3v) is 6.96. The van der Waals surface area contributed by atoms with Crippen molar-refractivity contribution in [2.24, 2.45) is 0 Å². The SMILES string of the molecule is CN(C)C1CCN(c2ccc(NC(=O)CN3CCC(c4ccc(Cl)cc4)CC3)cc2)C1. The van der Waals surface area contributed by atoms with Gasteiger partial charge in [-0.1, -0.05) is 23.7 Å². The van der Waals surface area contributed by atoms with Gasteiger partial charge in [-0.15, -0.1) is 0 Å². The molecule has 0 bridgehead atoms. The van der Waals surface area contributed by atoms with Crippen molar-refractivity contribution in [2.75, 3.05) is 57.0 Å². The van der Waals surface area contributed by atoms with E-state index in [0.29, 0.717) is 18.5 Å². The van der Waals surface area contributed by atoms with Crippen molar-refractivity contribution < 1.29 is 4.79 Å². The van der Waals surface area contributed by atoms with Gasteiger partial charge < -0.3 is 15.1 Å². The van der Waals surface area contributed by atoms with Crippen LogP contribution in [0.2, 0.25) is 5.02 Å². The summed E-state index contributed by atoms with van der Waals surface area (Å²) in [4.78, 5) is 19.5. The van der Waals surface area contributed by atoms with Gasteiger partial charge in [0.05, 0.1) is 6.54 Å². The lowest BCUT2D eigenvalue weighted by Gasteiger charge is -2.31. The summed E-state index contributed by atoms with van der Waals surface area (Å²) in [7, 11) is 4.29.